The van der Waals surface area contributed by atoms with Gasteiger partial charge in [-0.3, -0.25) is 9.69 Å². The van der Waals surface area contributed by atoms with E-state index in [0.717, 1.165) is 55.9 Å². The molecule has 0 saturated carbocycles. The number of piperazine rings is 3. The monoisotopic (exact) mass is 300 g/mol. The highest BCUT2D eigenvalue weighted by atomic mass is 16.2. The van der Waals surface area contributed by atoms with E-state index in [1.54, 1.807) is 0 Å². The molecule has 4 heterocycles. The molecule has 118 valence electrons. The lowest BCUT2D eigenvalue weighted by molar-refractivity contribution is -0.953. The van der Waals surface area contributed by atoms with E-state index < -0.39 is 0 Å². The van der Waals surface area contributed by atoms with Crippen LogP contribution in [0.5, 0.6) is 0 Å². The Labute approximate surface area is 132 Å². The first-order chi connectivity index (χ1) is 10.6. The largest absolute Gasteiger partial charge is 0.310 e. The van der Waals surface area contributed by atoms with Crippen LogP contribution in [0.3, 0.4) is 0 Å². The highest BCUT2D eigenvalue weighted by Gasteiger charge is 2.47. The van der Waals surface area contributed by atoms with Gasteiger partial charge in [-0.05, 0) is 31.9 Å². The third kappa shape index (κ3) is 2.01. The van der Waals surface area contributed by atoms with Gasteiger partial charge in [-0.1, -0.05) is 18.2 Å². The Bertz CT molecular complexity index is 578. The van der Waals surface area contributed by atoms with Crippen molar-refractivity contribution in [3.63, 3.8) is 0 Å². The molecule has 2 atom stereocenters. The van der Waals surface area contributed by atoms with Crippen molar-refractivity contribution in [1.29, 1.82) is 0 Å². The number of nitrogens with zero attached hydrogens (tertiary/aromatic N) is 3. The molecule has 4 nitrogen and oxygen atoms in total. The molecule has 5 rings (SSSR count). The Hall–Kier alpha value is -1.39. The van der Waals surface area contributed by atoms with E-state index >= 15 is 0 Å². The van der Waals surface area contributed by atoms with Crippen molar-refractivity contribution in [2.75, 3.05) is 44.2 Å². The maximum absolute atomic E-state index is 13.3. The van der Waals surface area contributed by atoms with Crippen LogP contribution >= 0.6 is 0 Å². The molecule has 4 aliphatic rings. The molecule has 1 aromatic carbocycles. The van der Waals surface area contributed by atoms with Gasteiger partial charge in [-0.25, -0.2) is 0 Å². The zero-order valence-corrected chi connectivity index (χ0v) is 13.7. The van der Waals surface area contributed by atoms with Crippen LogP contribution < -0.4 is 4.90 Å². The summed E-state index contributed by atoms with van der Waals surface area (Å²) >= 11 is 0. The molecule has 0 N–H and O–H groups in total. The summed E-state index contributed by atoms with van der Waals surface area (Å²) in [5.74, 6) is 0.327. The van der Waals surface area contributed by atoms with E-state index in [0.29, 0.717) is 5.91 Å². The molecule has 0 spiro atoms. The van der Waals surface area contributed by atoms with Crippen molar-refractivity contribution in [3.05, 3.63) is 29.8 Å². The molecule has 3 saturated heterocycles. The van der Waals surface area contributed by atoms with E-state index in [-0.39, 0.29) is 12.1 Å². The van der Waals surface area contributed by atoms with E-state index in [2.05, 4.69) is 41.8 Å². The van der Waals surface area contributed by atoms with E-state index in [4.69, 9.17) is 0 Å². The molecule has 0 aromatic heterocycles. The van der Waals surface area contributed by atoms with Crippen molar-refractivity contribution < 1.29 is 9.28 Å². The third-order valence-electron chi connectivity index (χ3n) is 6.21. The van der Waals surface area contributed by atoms with Crippen LogP contribution in [0.1, 0.15) is 19.4 Å². The smallest absolute Gasteiger partial charge is 0.285 e. The van der Waals surface area contributed by atoms with Crippen LogP contribution in [0.15, 0.2) is 24.3 Å². The number of quaternary nitrogens is 1. The Kier molecular flexibility index (Phi) is 3.27. The van der Waals surface area contributed by atoms with Crippen molar-refractivity contribution in [3.8, 4) is 0 Å². The third-order valence-corrected chi connectivity index (χ3v) is 6.21. The van der Waals surface area contributed by atoms with Crippen LogP contribution in [0.25, 0.3) is 0 Å². The zero-order valence-electron chi connectivity index (χ0n) is 13.7. The van der Waals surface area contributed by atoms with Gasteiger partial charge in [0.05, 0.1) is 19.6 Å². The molecule has 0 unspecified atom stereocenters. The fourth-order valence-corrected chi connectivity index (χ4v) is 4.61. The lowest BCUT2D eigenvalue weighted by Gasteiger charge is -2.53. The zero-order chi connectivity index (χ0) is 15.3. The number of anilines is 1. The lowest BCUT2D eigenvalue weighted by atomic mass is 10.0. The van der Waals surface area contributed by atoms with Gasteiger partial charge in [-0.2, -0.15) is 0 Å². The fraction of sp³-hybridized carbons (Fsp3) is 0.611. The van der Waals surface area contributed by atoms with E-state index in [9.17, 15) is 4.79 Å². The van der Waals surface area contributed by atoms with Crippen molar-refractivity contribution in [2.45, 2.75) is 32.4 Å². The number of hydrogen-bond donors (Lipinski definition) is 0. The number of carbonyl (C=O) groups excluding carboxylic acids is 1. The second-order valence-electron chi connectivity index (χ2n) is 7.30. The first kappa shape index (κ1) is 14.2. The number of amides is 1. The first-order valence-electron chi connectivity index (χ1n) is 8.60. The van der Waals surface area contributed by atoms with Crippen LogP contribution in [0, 0.1) is 0 Å². The second-order valence-corrected chi connectivity index (χ2v) is 7.30. The second kappa shape index (κ2) is 5.07. The van der Waals surface area contributed by atoms with Gasteiger partial charge in [-0.15, -0.1) is 0 Å². The van der Waals surface area contributed by atoms with Crippen LogP contribution in [0.4, 0.5) is 5.69 Å². The molecule has 4 heteroatoms. The molecule has 2 bridgehead atoms. The van der Waals surface area contributed by atoms with Crippen LogP contribution in [-0.4, -0.2) is 66.6 Å². The highest BCUT2D eigenvalue weighted by molar-refractivity contribution is 5.98. The minimum Gasteiger partial charge on any atom is -0.310 e. The number of benzene rings is 1. The number of rotatable bonds is 2. The molecule has 4 aliphatic heterocycles. The Morgan fingerprint density at radius 2 is 1.82 bits per heavy atom. The standard InChI is InChI=1S/C18H26N3O/c1-14-13-16-5-3-4-6-17(16)20(14)18(22)15(2)21-10-7-19(8-11-21)9-12-21/h3-6,14-15H,7-13H2,1-2H3/q+1/t14-,15+/m0/s1. The van der Waals surface area contributed by atoms with Crippen LogP contribution in [0.2, 0.25) is 0 Å². The minimum atomic E-state index is 0.0797. The highest BCUT2D eigenvalue weighted by Crippen LogP contribution is 2.34. The topological polar surface area (TPSA) is 23.6 Å². The average molecular weight is 300 g/mol. The first-order valence-corrected chi connectivity index (χ1v) is 8.60. The molecule has 0 aliphatic carbocycles. The lowest BCUT2D eigenvalue weighted by Crippen LogP contribution is -2.72. The predicted octanol–water partition coefficient (Wildman–Crippen LogP) is 1.50. The Morgan fingerprint density at radius 1 is 1.18 bits per heavy atom. The summed E-state index contributed by atoms with van der Waals surface area (Å²) in [6, 6.07) is 8.77. The molecule has 1 amide bonds. The van der Waals surface area contributed by atoms with Gasteiger partial charge in [0.2, 0.25) is 0 Å². The number of carbonyl (C=O) groups is 1. The molecule has 22 heavy (non-hydrogen) atoms. The van der Waals surface area contributed by atoms with E-state index in [1.165, 1.54) is 5.56 Å². The normalized spacial score (nSPS) is 34.5. The summed E-state index contributed by atoms with van der Waals surface area (Å²) in [6.07, 6.45) is 0.989. The summed E-state index contributed by atoms with van der Waals surface area (Å²) in [6.45, 7) is 11.2. The molecule has 3 fully saturated rings. The average Bonchev–Trinajstić information content (AvgIpc) is 2.91. The van der Waals surface area contributed by atoms with Gasteiger partial charge < -0.3 is 9.38 Å². The van der Waals surface area contributed by atoms with Gasteiger partial charge in [0.1, 0.15) is 0 Å². The van der Waals surface area contributed by atoms with E-state index in [1.807, 2.05) is 6.07 Å². The summed E-state index contributed by atoms with van der Waals surface area (Å²) in [5, 5.41) is 0. The summed E-state index contributed by atoms with van der Waals surface area (Å²) < 4.78 is 1.00. The minimum absolute atomic E-state index is 0.0797. The Morgan fingerprint density at radius 3 is 2.50 bits per heavy atom. The Balaban J connectivity index is 1.61. The summed E-state index contributed by atoms with van der Waals surface area (Å²) in [7, 11) is 0. The SMILES string of the molecule is C[C@H](C(=O)N1c2ccccc2C[C@@H]1C)[N+]12CCN(CC1)CC2. The van der Waals surface area contributed by atoms with Crippen molar-refractivity contribution in [2.24, 2.45) is 0 Å². The predicted molar refractivity (Wildman–Crippen MR) is 87.9 cm³/mol. The molecular weight excluding hydrogens is 274 g/mol. The maximum Gasteiger partial charge on any atom is 0.285 e. The molecule has 1 aromatic rings. The van der Waals surface area contributed by atoms with Gasteiger partial charge in [0.15, 0.2) is 6.04 Å². The molecule has 0 radical (unpaired) electrons. The number of hydrogen-bond acceptors (Lipinski definition) is 2. The quantitative estimate of drug-likeness (QED) is 0.773. The number of fused-ring (bicyclic) bond motifs is 4. The van der Waals surface area contributed by atoms with Crippen LogP contribution in [-0.2, 0) is 11.2 Å². The van der Waals surface area contributed by atoms with Crippen molar-refractivity contribution >= 4 is 11.6 Å². The summed E-state index contributed by atoms with van der Waals surface area (Å²) in [4.78, 5) is 17.9. The maximum atomic E-state index is 13.3. The molecular formula is C18H26N3O+. The fourth-order valence-electron chi connectivity index (χ4n) is 4.61. The van der Waals surface area contributed by atoms with Gasteiger partial charge >= 0.3 is 0 Å². The number of para-hydroxylation sites is 1. The summed E-state index contributed by atoms with van der Waals surface area (Å²) in [5.41, 5.74) is 2.46. The van der Waals surface area contributed by atoms with Gasteiger partial charge in [0, 0.05) is 31.4 Å². The van der Waals surface area contributed by atoms with Crippen molar-refractivity contribution in [1.82, 2.24) is 4.90 Å². The van der Waals surface area contributed by atoms with Gasteiger partial charge in [0.25, 0.3) is 5.91 Å².